The van der Waals surface area contributed by atoms with Crippen molar-refractivity contribution in [2.75, 3.05) is 20.6 Å². The first-order valence-electron chi connectivity index (χ1n) is 4.28. The van der Waals surface area contributed by atoms with E-state index in [2.05, 4.69) is 0 Å². The maximum Gasteiger partial charge on any atom is 0.408 e. The maximum atomic E-state index is 12.9. The first kappa shape index (κ1) is 10.7. The van der Waals surface area contributed by atoms with E-state index in [0.717, 1.165) is 4.90 Å². The van der Waals surface area contributed by atoms with Crippen LogP contribution in [0.5, 0.6) is 0 Å². The zero-order chi connectivity index (χ0) is 10.9. The van der Waals surface area contributed by atoms with E-state index in [-0.39, 0.29) is 18.9 Å². The number of halogens is 1. The first-order valence-corrected chi connectivity index (χ1v) is 4.28. The molecule has 0 unspecified atom stereocenters. The summed E-state index contributed by atoms with van der Waals surface area (Å²) in [5, 5.41) is 8.72. The molecular formula is C8H13FN2O3. The average molecular weight is 204 g/mol. The van der Waals surface area contributed by atoms with Crippen LogP contribution in [0.15, 0.2) is 0 Å². The molecule has 1 aliphatic rings. The third-order valence-electron chi connectivity index (χ3n) is 2.22. The SMILES string of the molecule is CN(C)C(=O)[C@@H]1C[C@@H](F)CN1C(=O)O. The third-order valence-corrected chi connectivity index (χ3v) is 2.22. The number of likely N-dealkylation sites (tertiary alicyclic amines) is 1. The number of amides is 2. The van der Waals surface area contributed by atoms with Gasteiger partial charge in [-0.15, -0.1) is 0 Å². The molecule has 1 N–H and O–H groups in total. The normalized spacial score (nSPS) is 26.4. The zero-order valence-corrected chi connectivity index (χ0v) is 8.11. The lowest BCUT2D eigenvalue weighted by Gasteiger charge is -2.22. The van der Waals surface area contributed by atoms with Crippen molar-refractivity contribution in [1.82, 2.24) is 9.80 Å². The van der Waals surface area contributed by atoms with E-state index in [1.807, 2.05) is 0 Å². The molecule has 1 rings (SSSR count). The molecule has 0 aliphatic carbocycles. The fourth-order valence-corrected chi connectivity index (χ4v) is 1.53. The average Bonchev–Trinajstić information content (AvgIpc) is 2.45. The quantitative estimate of drug-likeness (QED) is 0.662. The smallest absolute Gasteiger partial charge is 0.408 e. The molecule has 0 aromatic heterocycles. The van der Waals surface area contributed by atoms with Crippen molar-refractivity contribution in [1.29, 1.82) is 0 Å². The van der Waals surface area contributed by atoms with Crippen LogP contribution in [0.3, 0.4) is 0 Å². The highest BCUT2D eigenvalue weighted by Gasteiger charge is 2.40. The summed E-state index contributed by atoms with van der Waals surface area (Å²) < 4.78 is 12.9. The van der Waals surface area contributed by atoms with Crippen LogP contribution < -0.4 is 0 Å². The molecule has 0 bridgehead atoms. The van der Waals surface area contributed by atoms with E-state index >= 15 is 0 Å². The summed E-state index contributed by atoms with van der Waals surface area (Å²) in [4.78, 5) is 24.3. The number of carboxylic acid groups (broad SMARTS) is 1. The van der Waals surface area contributed by atoms with Crippen LogP contribution in [0.4, 0.5) is 9.18 Å². The fourth-order valence-electron chi connectivity index (χ4n) is 1.53. The summed E-state index contributed by atoms with van der Waals surface area (Å²) in [6.45, 7) is -0.209. The number of nitrogens with zero attached hydrogens (tertiary/aromatic N) is 2. The van der Waals surface area contributed by atoms with E-state index in [1.54, 1.807) is 0 Å². The largest absolute Gasteiger partial charge is 0.465 e. The molecule has 2 amide bonds. The van der Waals surface area contributed by atoms with Gasteiger partial charge in [-0.3, -0.25) is 9.69 Å². The van der Waals surface area contributed by atoms with Crippen molar-refractivity contribution < 1.29 is 19.1 Å². The predicted molar refractivity (Wildman–Crippen MR) is 46.7 cm³/mol. The second-order valence-corrected chi connectivity index (χ2v) is 3.52. The van der Waals surface area contributed by atoms with E-state index in [0.29, 0.717) is 0 Å². The van der Waals surface area contributed by atoms with Gasteiger partial charge in [0.2, 0.25) is 5.91 Å². The second-order valence-electron chi connectivity index (χ2n) is 3.52. The molecule has 6 heteroatoms. The lowest BCUT2D eigenvalue weighted by atomic mass is 10.2. The van der Waals surface area contributed by atoms with Gasteiger partial charge in [-0.1, -0.05) is 0 Å². The highest BCUT2D eigenvalue weighted by atomic mass is 19.1. The van der Waals surface area contributed by atoms with Crippen LogP contribution in [0.2, 0.25) is 0 Å². The summed E-state index contributed by atoms with van der Waals surface area (Å²) in [5.74, 6) is -0.368. The maximum absolute atomic E-state index is 12.9. The molecule has 0 radical (unpaired) electrons. The van der Waals surface area contributed by atoms with Gasteiger partial charge >= 0.3 is 6.09 Å². The van der Waals surface area contributed by atoms with Gasteiger partial charge in [0.25, 0.3) is 0 Å². The van der Waals surface area contributed by atoms with Crippen molar-refractivity contribution >= 4 is 12.0 Å². The van der Waals surface area contributed by atoms with Crippen LogP contribution in [-0.2, 0) is 4.79 Å². The Morgan fingerprint density at radius 2 is 2.07 bits per heavy atom. The van der Waals surface area contributed by atoms with Crippen molar-refractivity contribution in [3.8, 4) is 0 Å². The van der Waals surface area contributed by atoms with E-state index in [9.17, 15) is 14.0 Å². The van der Waals surface area contributed by atoms with Crippen molar-refractivity contribution in [3.63, 3.8) is 0 Å². The minimum Gasteiger partial charge on any atom is -0.465 e. The fraction of sp³-hybridized carbons (Fsp3) is 0.750. The van der Waals surface area contributed by atoms with E-state index in [4.69, 9.17) is 5.11 Å². The molecule has 1 fully saturated rings. The molecule has 1 saturated heterocycles. The van der Waals surface area contributed by atoms with Crippen molar-refractivity contribution in [2.24, 2.45) is 0 Å². The minimum absolute atomic E-state index is 0.0384. The summed E-state index contributed by atoms with van der Waals surface area (Å²) >= 11 is 0. The number of rotatable bonds is 1. The third kappa shape index (κ3) is 1.94. The van der Waals surface area contributed by atoms with Crippen molar-refractivity contribution in [2.45, 2.75) is 18.6 Å². The predicted octanol–water partition coefficient (Wildman–Crippen LogP) is 0.165. The number of carbonyl (C=O) groups excluding carboxylic acids is 1. The van der Waals surface area contributed by atoms with E-state index < -0.39 is 18.3 Å². The summed E-state index contributed by atoms with van der Waals surface area (Å²) in [7, 11) is 3.04. The topological polar surface area (TPSA) is 60.9 Å². The Bertz CT molecular complexity index is 257. The van der Waals surface area contributed by atoms with Gasteiger partial charge in [0.1, 0.15) is 12.2 Å². The number of hydrogen-bond donors (Lipinski definition) is 1. The van der Waals surface area contributed by atoms with Crippen LogP contribution in [-0.4, -0.2) is 59.8 Å². The molecular weight excluding hydrogens is 191 g/mol. The molecule has 0 aromatic rings. The number of carbonyl (C=O) groups is 2. The molecule has 0 aromatic carbocycles. The number of alkyl halides is 1. The van der Waals surface area contributed by atoms with Crippen LogP contribution in [0, 0.1) is 0 Å². The summed E-state index contributed by atoms with van der Waals surface area (Å²) in [6, 6.07) is -0.863. The molecule has 0 spiro atoms. The van der Waals surface area contributed by atoms with Gasteiger partial charge in [-0.05, 0) is 0 Å². The first-order chi connectivity index (χ1) is 6.43. The minimum atomic E-state index is -1.25. The monoisotopic (exact) mass is 204 g/mol. The van der Waals surface area contributed by atoms with Gasteiger partial charge in [-0.2, -0.15) is 0 Å². The Kier molecular flexibility index (Phi) is 2.93. The van der Waals surface area contributed by atoms with E-state index in [1.165, 1.54) is 19.0 Å². The summed E-state index contributed by atoms with van der Waals surface area (Å²) in [5.41, 5.74) is 0. The molecule has 0 saturated carbocycles. The molecule has 80 valence electrons. The van der Waals surface area contributed by atoms with Gasteiger partial charge in [0, 0.05) is 20.5 Å². The number of likely N-dealkylation sites (N-methyl/N-ethyl adjacent to an activating group) is 1. The van der Waals surface area contributed by atoms with Gasteiger partial charge in [0.05, 0.1) is 6.54 Å². The van der Waals surface area contributed by atoms with Crippen LogP contribution in [0.1, 0.15) is 6.42 Å². The lowest BCUT2D eigenvalue weighted by molar-refractivity contribution is -0.132. The Labute approximate surface area is 81.1 Å². The van der Waals surface area contributed by atoms with Crippen LogP contribution >= 0.6 is 0 Å². The van der Waals surface area contributed by atoms with Crippen molar-refractivity contribution in [3.05, 3.63) is 0 Å². The molecule has 14 heavy (non-hydrogen) atoms. The van der Waals surface area contributed by atoms with Gasteiger partial charge in [0.15, 0.2) is 0 Å². The Morgan fingerprint density at radius 1 is 1.50 bits per heavy atom. The van der Waals surface area contributed by atoms with Crippen LogP contribution in [0.25, 0.3) is 0 Å². The molecule has 2 atom stereocenters. The summed E-state index contributed by atoms with van der Waals surface area (Å²) in [6.07, 6.45) is -2.52. The standard InChI is InChI=1S/C8H13FN2O3/c1-10(2)7(12)6-3-5(9)4-11(6)8(13)14/h5-6H,3-4H2,1-2H3,(H,13,14)/t5-,6+/m1/s1. The molecule has 1 heterocycles. The Balaban J connectivity index is 2.76. The highest BCUT2D eigenvalue weighted by molar-refractivity contribution is 5.85. The zero-order valence-electron chi connectivity index (χ0n) is 8.11. The van der Waals surface area contributed by atoms with Gasteiger partial charge in [-0.25, -0.2) is 9.18 Å². The van der Waals surface area contributed by atoms with Gasteiger partial charge < -0.3 is 10.0 Å². The Hall–Kier alpha value is -1.33. The number of hydrogen-bond acceptors (Lipinski definition) is 2. The molecule has 1 aliphatic heterocycles. The highest BCUT2D eigenvalue weighted by Crippen LogP contribution is 2.21. The molecule has 5 nitrogen and oxygen atoms in total. The lowest BCUT2D eigenvalue weighted by Crippen LogP contribution is -2.44. The second kappa shape index (κ2) is 3.81. The Morgan fingerprint density at radius 3 is 2.50 bits per heavy atom.